The predicted octanol–water partition coefficient (Wildman–Crippen LogP) is 4.14. The minimum absolute atomic E-state index is 0.131. The molecule has 0 bridgehead atoms. The molecule has 5 heteroatoms. The van der Waals surface area contributed by atoms with Crippen LogP contribution in [0.3, 0.4) is 0 Å². The van der Waals surface area contributed by atoms with E-state index in [2.05, 4.69) is 17.2 Å². The van der Waals surface area contributed by atoms with Gasteiger partial charge < -0.3 is 5.32 Å². The van der Waals surface area contributed by atoms with Crippen LogP contribution in [0.1, 0.15) is 32.6 Å². The maximum Gasteiger partial charge on any atom is 0.301 e. The number of nitro benzene ring substituents is 1. The third-order valence-electron chi connectivity index (χ3n) is 4.76. The number of nitro groups is 1. The summed E-state index contributed by atoms with van der Waals surface area (Å²) < 4.78 is 0. The molecule has 0 aliphatic heterocycles. The zero-order valence-electron chi connectivity index (χ0n) is 12.1. The lowest BCUT2D eigenvalue weighted by Crippen LogP contribution is -2.35. The maximum absolute atomic E-state index is 11.5. The molecule has 1 aliphatic carbocycles. The summed E-state index contributed by atoms with van der Waals surface area (Å²) in [5.74, 6) is 0. The van der Waals surface area contributed by atoms with Crippen LogP contribution in [0.4, 0.5) is 11.4 Å². The van der Waals surface area contributed by atoms with Crippen molar-refractivity contribution < 1.29 is 4.92 Å². The van der Waals surface area contributed by atoms with Crippen molar-refractivity contribution in [3.05, 3.63) is 40.6 Å². The van der Waals surface area contributed by atoms with Gasteiger partial charge in [-0.2, -0.15) is 0 Å². The van der Waals surface area contributed by atoms with Gasteiger partial charge in [0.25, 0.3) is 0 Å². The fourth-order valence-electron chi connectivity index (χ4n) is 3.09. The van der Waals surface area contributed by atoms with Crippen molar-refractivity contribution in [2.24, 2.45) is 5.41 Å². The monoisotopic (exact) mass is 285 g/mol. The van der Waals surface area contributed by atoms with Crippen LogP contribution in [0.25, 0.3) is 10.9 Å². The van der Waals surface area contributed by atoms with Crippen LogP contribution < -0.4 is 5.32 Å². The van der Waals surface area contributed by atoms with Crippen molar-refractivity contribution in [2.45, 2.75) is 32.6 Å². The van der Waals surface area contributed by atoms with Gasteiger partial charge >= 0.3 is 5.69 Å². The highest BCUT2D eigenvalue weighted by Gasteiger charge is 2.35. The van der Waals surface area contributed by atoms with Gasteiger partial charge in [0, 0.05) is 12.7 Å². The molecule has 1 fully saturated rings. The fraction of sp³-hybridized carbons (Fsp3) is 0.438. The Balaban J connectivity index is 1.94. The SMILES string of the molecule is CCC1(CNc2ccc3ncccc3c2[N+](=O)[O-])CCC1. The number of anilines is 1. The summed E-state index contributed by atoms with van der Waals surface area (Å²) in [6.45, 7) is 3.00. The molecule has 2 aromatic rings. The molecule has 0 atom stereocenters. The zero-order chi connectivity index (χ0) is 14.9. The van der Waals surface area contributed by atoms with Gasteiger partial charge in [0.2, 0.25) is 0 Å². The van der Waals surface area contributed by atoms with Crippen molar-refractivity contribution in [1.82, 2.24) is 4.98 Å². The Morgan fingerprint density at radius 3 is 2.81 bits per heavy atom. The Morgan fingerprint density at radius 1 is 1.38 bits per heavy atom. The van der Waals surface area contributed by atoms with E-state index in [1.165, 1.54) is 19.3 Å². The average molecular weight is 285 g/mol. The first kappa shape index (κ1) is 13.8. The number of hydrogen-bond acceptors (Lipinski definition) is 4. The van der Waals surface area contributed by atoms with Gasteiger partial charge in [0.1, 0.15) is 5.69 Å². The van der Waals surface area contributed by atoms with Crippen molar-refractivity contribution in [1.29, 1.82) is 0 Å². The second-order valence-corrected chi connectivity index (χ2v) is 5.85. The molecule has 110 valence electrons. The van der Waals surface area contributed by atoms with Crippen molar-refractivity contribution in [2.75, 3.05) is 11.9 Å². The number of hydrogen-bond donors (Lipinski definition) is 1. The summed E-state index contributed by atoms with van der Waals surface area (Å²) in [7, 11) is 0. The molecule has 1 aliphatic rings. The minimum Gasteiger partial charge on any atom is -0.379 e. The highest BCUT2D eigenvalue weighted by molar-refractivity contribution is 5.94. The summed E-state index contributed by atoms with van der Waals surface area (Å²) in [5, 5.41) is 15.4. The molecule has 1 aromatic heterocycles. The molecule has 1 heterocycles. The average Bonchev–Trinajstić information content (AvgIpc) is 2.45. The van der Waals surface area contributed by atoms with E-state index < -0.39 is 0 Å². The maximum atomic E-state index is 11.5. The fourth-order valence-corrected chi connectivity index (χ4v) is 3.09. The summed E-state index contributed by atoms with van der Waals surface area (Å²) in [6, 6.07) is 7.10. The van der Waals surface area contributed by atoms with Gasteiger partial charge in [-0.3, -0.25) is 15.1 Å². The summed E-state index contributed by atoms with van der Waals surface area (Å²) >= 11 is 0. The molecule has 0 radical (unpaired) electrons. The van der Waals surface area contributed by atoms with E-state index in [9.17, 15) is 10.1 Å². The first-order chi connectivity index (χ1) is 10.2. The topological polar surface area (TPSA) is 68.1 Å². The third-order valence-corrected chi connectivity index (χ3v) is 4.76. The van der Waals surface area contributed by atoms with Crippen molar-refractivity contribution >= 4 is 22.3 Å². The Bertz CT molecular complexity index is 675. The van der Waals surface area contributed by atoms with Crippen LogP contribution in [0.2, 0.25) is 0 Å². The first-order valence-corrected chi connectivity index (χ1v) is 7.41. The third kappa shape index (κ3) is 2.44. The largest absolute Gasteiger partial charge is 0.379 e. The molecule has 0 spiro atoms. The lowest BCUT2D eigenvalue weighted by Gasteiger charge is -2.41. The Kier molecular flexibility index (Phi) is 3.49. The van der Waals surface area contributed by atoms with Crippen molar-refractivity contribution in [3.8, 4) is 0 Å². The standard InChI is InChI=1S/C16H19N3O2/c1-2-16(8-4-9-16)11-18-14-7-6-13-12(5-3-10-17-13)15(14)19(20)21/h3,5-7,10,18H,2,4,8-9,11H2,1H3. The van der Waals surface area contributed by atoms with Crippen molar-refractivity contribution in [3.63, 3.8) is 0 Å². The molecule has 3 rings (SSSR count). The van der Waals surface area contributed by atoms with E-state index in [0.29, 0.717) is 22.0 Å². The summed E-state index contributed by atoms with van der Waals surface area (Å²) in [6.07, 6.45) is 6.45. The molecule has 1 aromatic carbocycles. The lowest BCUT2D eigenvalue weighted by atomic mass is 9.67. The zero-order valence-corrected chi connectivity index (χ0v) is 12.1. The highest BCUT2D eigenvalue weighted by atomic mass is 16.6. The predicted molar refractivity (Wildman–Crippen MR) is 83.5 cm³/mol. The Labute approximate surface area is 123 Å². The number of benzene rings is 1. The number of rotatable bonds is 5. The van der Waals surface area contributed by atoms with E-state index in [0.717, 1.165) is 13.0 Å². The van der Waals surface area contributed by atoms with Gasteiger partial charge in [-0.25, -0.2) is 0 Å². The Hall–Kier alpha value is -2.17. The van der Waals surface area contributed by atoms with E-state index >= 15 is 0 Å². The van der Waals surface area contributed by atoms with Gasteiger partial charge in [-0.05, 0) is 48.9 Å². The van der Waals surface area contributed by atoms with Crippen LogP contribution >= 0.6 is 0 Å². The minimum atomic E-state index is -0.314. The molecule has 5 nitrogen and oxygen atoms in total. The number of nitrogens with one attached hydrogen (secondary N) is 1. The second-order valence-electron chi connectivity index (χ2n) is 5.85. The summed E-state index contributed by atoms with van der Waals surface area (Å²) in [5.41, 5.74) is 1.70. The van der Waals surface area contributed by atoms with E-state index in [1.54, 1.807) is 24.4 Å². The number of fused-ring (bicyclic) bond motifs is 1. The van der Waals surface area contributed by atoms with Crippen LogP contribution in [0.15, 0.2) is 30.5 Å². The molecule has 1 saturated carbocycles. The van der Waals surface area contributed by atoms with Crippen LogP contribution in [0, 0.1) is 15.5 Å². The lowest BCUT2D eigenvalue weighted by molar-refractivity contribution is -0.382. The number of nitrogens with zero attached hydrogens (tertiary/aromatic N) is 2. The normalized spacial score (nSPS) is 16.4. The van der Waals surface area contributed by atoms with E-state index in [1.807, 2.05) is 6.07 Å². The summed E-state index contributed by atoms with van der Waals surface area (Å²) in [4.78, 5) is 15.3. The van der Waals surface area contributed by atoms with Crippen LogP contribution in [-0.2, 0) is 0 Å². The first-order valence-electron chi connectivity index (χ1n) is 7.41. The molecule has 0 amide bonds. The van der Waals surface area contributed by atoms with Gasteiger partial charge in [0.15, 0.2) is 0 Å². The molecule has 0 saturated heterocycles. The van der Waals surface area contributed by atoms with E-state index in [-0.39, 0.29) is 10.6 Å². The smallest absolute Gasteiger partial charge is 0.301 e. The van der Waals surface area contributed by atoms with Gasteiger partial charge in [0.05, 0.1) is 15.8 Å². The Morgan fingerprint density at radius 2 is 2.19 bits per heavy atom. The molecular formula is C16H19N3O2. The van der Waals surface area contributed by atoms with E-state index in [4.69, 9.17) is 0 Å². The van der Waals surface area contributed by atoms with Gasteiger partial charge in [-0.15, -0.1) is 0 Å². The molecule has 21 heavy (non-hydrogen) atoms. The van der Waals surface area contributed by atoms with Crippen LogP contribution in [0.5, 0.6) is 0 Å². The second kappa shape index (κ2) is 5.31. The number of pyridine rings is 1. The van der Waals surface area contributed by atoms with Gasteiger partial charge in [-0.1, -0.05) is 13.3 Å². The molecular weight excluding hydrogens is 266 g/mol. The highest BCUT2D eigenvalue weighted by Crippen LogP contribution is 2.44. The van der Waals surface area contributed by atoms with Crippen LogP contribution in [-0.4, -0.2) is 16.5 Å². The quantitative estimate of drug-likeness (QED) is 0.662. The molecule has 1 N–H and O–H groups in total. The number of aromatic nitrogens is 1. The molecule has 0 unspecified atom stereocenters.